The minimum atomic E-state index is 1.08. The fraction of sp³-hybridized carbons (Fsp3) is 0.0769. The van der Waals surface area contributed by atoms with Gasteiger partial charge >= 0.3 is 0 Å². The molecule has 84 valence electrons. The van der Waals surface area contributed by atoms with E-state index >= 15 is 0 Å². The first kappa shape index (κ1) is 10.2. The van der Waals surface area contributed by atoms with Crippen molar-refractivity contribution in [1.29, 1.82) is 0 Å². The summed E-state index contributed by atoms with van der Waals surface area (Å²) in [5.41, 5.74) is 3.56. The molecule has 0 unspecified atom stereocenters. The Labute approximate surface area is 103 Å². The third-order valence-electron chi connectivity index (χ3n) is 2.72. The van der Waals surface area contributed by atoms with E-state index in [1.165, 1.54) is 16.1 Å². The van der Waals surface area contributed by atoms with Gasteiger partial charge in [-0.05, 0) is 24.6 Å². The van der Waals surface area contributed by atoms with E-state index in [4.69, 9.17) is 0 Å². The lowest BCUT2D eigenvalue weighted by Gasteiger charge is -2.03. The summed E-state index contributed by atoms with van der Waals surface area (Å²) >= 11 is 1.73. The van der Waals surface area contributed by atoms with Crippen molar-refractivity contribution in [3.05, 3.63) is 54.2 Å². The minimum absolute atomic E-state index is 1.08. The fourth-order valence-electron chi connectivity index (χ4n) is 1.86. The second-order valence-corrected chi connectivity index (χ2v) is 4.67. The number of nitrogens with zero attached hydrogens (tertiary/aromatic N) is 3. The highest BCUT2D eigenvalue weighted by Gasteiger charge is 2.10. The Hall–Kier alpha value is -1.94. The first-order valence-electron chi connectivity index (χ1n) is 5.33. The van der Waals surface area contributed by atoms with Crippen molar-refractivity contribution in [2.24, 2.45) is 0 Å². The van der Waals surface area contributed by atoms with Crippen LogP contribution in [0.1, 0.15) is 5.56 Å². The highest BCUT2D eigenvalue weighted by molar-refractivity contribution is 7.14. The Morgan fingerprint density at radius 1 is 1.12 bits per heavy atom. The van der Waals surface area contributed by atoms with Gasteiger partial charge in [0.2, 0.25) is 0 Å². The van der Waals surface area contributed by atoms with Crippen LogP contribution in [0.15, 0.2) is 48.6 Å². The standard InChI is InChI=1S/C13H11N3S/c1-10-12(16-4-2-3-5-16)8-17-13(10)11-6-14-9-15-7-11/h2-9H,1H3. The van der Waals surface area contributed by atoms with Crippen molar-refractivity contribution in [3.8, 4) is 16.1 Å². The number of thiophene rings is 1. The molecule has 3 heterocycles. The quantitative estimate of drug-likeness (QED) is 0.689. The van der Waals surface area contributed by atoms with Crippen LogP contribution in [0.25, 0.3) is 16.1 Å². The molecule has 0 atom stereocenters. The summed E-state index contributed by atoms with van der Waals surface area (Å²) < 4.78 is 2.12. The van der Waals surface area contributed by atoms with Crippen LogP contribution in [-0.2, 0) is 0 Å². The average molecular weight is 241 g/mol. The van der Waals surface area contributed by atoms with Gasteiger partial charge in [-0.2, -0.15) is 0 Å². The molecule has 3 rings (SSSR count). The zero-order chi connectivity index (χ0) is 11.7. The van der Waals surface area contributed by atoms with Crippen LogP contribution in [0.4, 0.5) is 0 Å². The first-order valence-corrected chi connectivity index (χ1v) is 6.21. The lowest BCUT2D eigenvalue weighted by atomic mass is 10.2. The molecule has 0 aliphatic carbocycles. The van der Waals surface area contributed by atoms with Crippen LogP contribution >= 0.6 is 11.3 Å². The second-order valence-electron chi connectivity index (χ2n) is 3.79. The molecule has 0 spiro atoms. The molecule has 0 bridgehead atoms. The molecule has 0 amide bonds. The van der Waals surface area contributed by atoms with E-state index in [0.717, 1.165) is 5.56 Å². The van der Waals surface area contributed by atoms with E-state index in [0.29, 0.717) is 0 Å². The fourth-order valence-corrected chi connectivity index (χ4v) is 2.91. The van der Waals surface area contributed by atoms with Gasteiger partial charge in [0, 0.05) is 40.6 Å². The number of hydrogen-bond acceptors (Lipinski definition) is 3. The van der Waals surface area contributed by atoms with Gasteiger partial charge in [-0.3, -0.25) is 0 Å². The molecule has 3 aromatic heterocycles. The van der Waals surface area contributed by atoms with E-state index in [9.17, 15) is 0 Å². The van der Waals surface area contributed by atoms with Crippen LogP contribution in [-0.4, -0.2) is 14.5 Å². The second kappa shape index (κ2) is 4.14. The van der Waals surface area contributed by atoms with E-state index < -0.39 is 0 Å². The van der Waals surface area contributed by atoms with Crippen molar-refractivity contribution < 1.29 is 0 Å². The summed E-state index contributed by atoms with van der Waals surface area (Å²) in [7, 11) is 0. The molecule has 0 saturated carbocycles. The molecule has 3 aromatic rings. The minimum Gasteiger partial charge on any atom is -0.323 e. The number of aromatic nitrogens is 3. The molecule has 0 fully saturated rings. The zero-order valence-electron chi connectivity index (χ0n) is 9.37. The van der Waals surface area contributed by atoms with Gasteiger partial charge in [-0.1, -0.05) is 0 Å². The Bertz CT molecular complexity index is 611. The topological polar surface area (TPSA) is 30.7 Å². The van der Waals surface area contributed by atoms with Gasteiger partial charge in [-0.15, -0.1) is 11.3 Å². The monoisotopic (exact) mass is 241 g/mol. The van der Waals surface area contributed by atoms with E-state index in [1.54, 1.807) is 17.7 Å². The third kappa shape index (κ3) is 1.76. The molecule has 17 heavy (non-hydrogen) atoms. The van der Waals surface area contributed by atoms with Gasteiger partial charge in [0.15, 0.2) is 0 Å². The van der Waals surface area contributed by atoms with E-state index in [-0.39, 0.29) is 0 Å². The normalized spacial score (nSPS) is 10.6. The van der Waals surface area contributed by atoms with Crippen molar-refractivity contribution in [3.63, 3.8) is 0 Å². The highest BCUT2D eigenvalue weighted by atomic mass is 32.1. The van der Waals surface area contributed by atoms with Gasteiger partial charge in [0.25, 0.3) is 0 Å². The van der Waals surface area contributed by atoms with Crippen LogP contribution in [0.3, 0.4) is 0 Å². The zero-order valence-corrected chi connectivity index (χ0v) is 10.2. The molecule has 0 saturated heterocycles. The maximum Gasteiger partial charge on any atom is 0.115 e. The number of hydrogen-bond donors (Lipinski definition) is 0. The maximum absolute atomic E-state index is 4.06. The van der Waals surface area contributed by atoms with Gasteiger partial charge in [0.1, 0.15) is 6.33 Å². The van der Waals surface area contributed by atoms with Crippen LogP contribution < -0.4 is 0 Å². The molecule has 0 radical (unpaired) electrons. The molecule has 0 N–H and O–H groups in total. The largest absolute Gasteiger partial charge is 0.323 e. The SMILES string of the molecule is Cc1c(-n2cccc2)csc1-c1cncnc1. The predicted molar refractivity (Wildman–Crippen MR) is 69.4 cm³/mol. The van der Waals surface area contributed by atoms with Crippen molar-refractivity contribution >= 4 is 11.3 Å². The van der Waals surface area contributed by atoms with Crippen molar-refractivity contribution in [2.75, 3.05) is 0 Å². The Morgan fingerprint density at radius 3 is 2.53 bits per heavy atom. The molecule has 0 aromatic carbocycles. The van der Waals surface area contributed by atoms with E-state index in [2.05, 4.69) is 39.2 Å². The predicted octanol–water partition coefficient (Wildman–Crippen LogP) is 3.30. The Morgan fingerprint density at radius 2 is 1.82 bits per heavy atom. The third-order valence-corrected chi connectivity index (χ3v) is 3.84. The van der Waals surface area contributed by atoms with Crippen LogP contribution in [0.5, 0.6) is 0 Å². The summed E-state index contributed by atoms with van der Waals surface area (Å²) in [4.78, 5) is 9.36. The summed E-state index contributed by atoms with van der Waals surface area (Å²) in [6, 6.07) is 4.06. The lowest BCUT2D eigenvalue weighted by molar-refractivity contribution is 1.07. The molecular weight excluding hydrogens is 230 g/mol. The van der Waals surface area contributed by atoms with Crippen molar-refractivity contribution in [2.45, 2.75) is 6.92 Å². The summed E-state index contributed by atoms with van der Waals surface area (Å²) in [5, 5.41) is 2.16. The van der Waals surface area contributed by atoms with E-state index in [1.807, 2.05) is 24.5 Å². The summed E-state index contributed by atoms with van der Waals surface area (Å²) in [5.74, 6) is 0. The summed E-state index contributed by atoms with van der Waals surface area (Å²) in [6.07, 6.45) is 9.37. The molecule has 3 nitrogen and oxygen atoms in total. The van der Waals surface area contributed by atoms with Gasteiger partial charge < -0.3 is 4.57 Å². The molecule has 0 aliphatic rings. The van der Waals surface area contributed by atoms with Crippen LogP contribution in [0, 0.1) is 6.92 Å². The Kier molecular flexibility index (Phi) is 2.49. The smallest absolute Gasteiger partial charge is 0.115 e. The number of rotatable bonds is 2. The van der Waals surface area contributed by atoms with Crippen molar-refractivity contribution in [1.82, 2.24) is 14.5 Å². The van der Waals surface area contributed by atoms with Gasteiger partial charge in [-0.25, -0.2) is 9.97 Å². The van der Waals surface area contributed by atoms with Gasteiger partial charge in [0.05, 0.1) is 5.69 Å². The maximum atomic E-state index is 4.06. The summed E-state index contributed by atoms with van der Waals surface area (Å²) in [6.45, 7) is 2.13. The first-order chi connectivity index (χ1) is 8.36. The van der Waals surface area contributed by atoms with Crippen LogP contribution in [0.2, 0.25) is 0 Å². The average Bonchev–Trinajstić information content (AvgIpc) is 2.99. The molecular formula is C13H11N3S. The highest BCUT2D eigenvalue weighted by Crippen LogP contribution is 2.33. The molecule has 0 aliphatic heterocycles. The Balaban J connectivity index is 2.10. The lowest BCUT2D eigenvalue weighted by Crippen LogP contribution is -1.90. The molecule has 4 heteroatoms.